The Morgan fingerprint density at radius 2 is 2.00 bits per heavy atom. The van der Waals surface area contributed by atoms with Gasteiger partial charge in [-0.15, -0.1) is 0 Å². The fourth-order valence-corrected chi connectivity index (χ4v) is 2.04. The Kier molecular flexibility index (Phi) is 6.80. The number of nitrogens with one attached hydrogen (secondary N) is 2. The fraction of sp³-hybridized carbons (Fsp3) is 0.846. The number of carboxylic acids is 1. The molecule has 3 N–H and O–H groups in total. The molecule has 6 heteroatoms. The Morgan fingerprint density at radius 3 is 2.53 bits per heavy atom. The summed E-state index contributed by atoms with van der Waals surface area (Å²) >= 11 is 0. The topological polar surface area (TPSA) is 87.7 Å². The van der Waals surface area contributed by atoms with Crippen LogP contribution in [0.4, 0.5) is 0 Å². The minimum absolute atomic E-state index is 0.133. The highest BCUT2D eigenvalue weighted by Crippen LogP contribution is 2.07. The van der Waals surface area contributed by atoms with E-state index >= 15 is 0 Å². The third kappa shape index (κ3) is 6.02. The van der Waals surface area contributed by atoms with Gasteiger partial charge in [0.25, 0.3) is 0 Å². The van der Waals surface area contributed by atoms with Crippen LogP contribution in [0.25, 0.3) is 0 Å². The predicted octanol–water partition coefficient (Wildman–Crippen LogP) is 0.371. The number of carboxylic acid groups (broad SMARTS) is 1. The Balaban J connectivity index is 2.21. The van der Waals surface area contributed by atoms with E-state index in [-0.39, 0.29) is 24.3 Å². The molecule has 0 aromatic rings. The summed E-state index contributed by atoms with van der Waals surface area (Å²) in [6.07, 6.45) is 2.35. The van der Waals surface area contributed by atoms with Gasteiger partial charge in [-0.05, 0) is 31.8 Å². The molecule has 0 aliphatic carbocycles. The molecule has 1 atom stereocenters. The molecule has 0 aromatic heterocycles. The maximum atomic E-state index is 11.6. The molecule has 0 aromatic carbocycles. The second kappa shape index (κ2) is 8.12. The third-order valence-electron chi connectivity index (χ3n) is 3.22. The molecule has 19 heavy (non-hydrogen) atoms. The van der Waals surface area contributed by atoms with Crippen molar-refractivity contribution >= 4 is 11.9 Å². The van der Waals surface area contributed by atoms with Gasteiger partial charge in [0.05, 0.1) is 12.7 Å². The van der Waals surface area contributed by atoms with Crippen molar-refractivity contribution in [1.82, 2.24) is 10.6 Å². The van der Waals surface area contributed by atoms with Crippen molar-refractivity contribution < 1.29 is 19.4 Å². The first-order valence-corrected chi connectivity index (χ1v) is 6.85. The second-order valence-electron chi connectivity index (χ2n) is 5.20. The fourth-order valence-electron chi connectivity index (χ4n) is 2.04. The van der Waals surface area contributed by atoms with Gasteiger partial charge in [0, 0.05) is 6.42 Å². The highest BCUT2D eigenvalue weighted by molar-refractivity contribution is 5.83. The van der Waals surface area contributed by atoms with Crippen LogP contribution in [-0.4, -0.2) is 48.8 Å². The van der Waals surface area contributed by atoms with Crippen LogP contribution in [0.3, 0.4) is 0 Å². The van der Waals surface area contributed by atoms with Crippen molar-refractivity contribution in [2.24, 2.45) is 5.92 Å². The van der Waals surface area contributed by atoms with Gasteiger partial charge in [0.15, 0.2) is 0 Å². The molecule has 6 nitrogen and oxygen atoms in total. The summed E-state index contributed by atoms with van der Waals surface area (Å²) in [7, 11) is 0. The number of amides is 1. The average molecular weight is 272 g/mol. The highest BCUT2D eigenvalue weighted by atomic mass is 16.5. The summed E-state index contributed by atoms with van der Waals surface area (Å²) in [6.45, 7) is 5.78. The standard InChI is InChI=1S/C13H24N2O4/c1-9(2)12(13(17)18)15-11(16)5-8-19-10-3-6-14-7-4-10/h9-10,12,14H,3-8H2,1-2H3,(H,15,16)(H,17,18)/t12-/m0/s1. The van der Waals surface area contributed by atoms with Crippen molar-refractivity contribution in [1.29, 1.82) is 0 Å². The van der Waals surface area contributed by atoms with Crippen LogP contribution in [0.2, 0.25) is 0 Å². The SMILES string of the molecule is CC(C)[C@H](NC(=O)CCOC1CCNCC1)C(=O)O. The van der Waals surface area contributed by atoms with Crippen LogP contribution in [0, 0.1) is 5.92 Å². The number of rotatable bonds is 7. The minimum atomic E-state index is -0.998. The average Bonchev–Trinajstić information content (AvgIpc) is 2.36. The van der Waals surface area contributed by atoms with E-state index in [0.29, 0.717) is 6.61 Å². The zero-order valence-corrected chi connectivity index (χ0v) is 11.6. The van der Waals surface area contributed by atoms with Gasteiger partial charge in [-0.25, -0.2) is 4.79 Å². The highest BCUT2D eigenvalue weighted by Gasteiger charge is 2.23. The van der Waals surface area contributed by atoms with Gasteiger partial charge < -0.3 is 20.5 Å². The van der Waals surface area contributed by atoms with Crippen molar-refractivity contribution in [3.8, 4) is 0 Å². The van der Waals surface area contributed by atoms with Gasteiger partial charge in [-0.2, -0.15) is 0 Å². The van der Waals surface area contributed by atoms with E-state index < -0.39 is 12.0 Å². The lowest BCUT2D eigenvalue weighted by atomic mass is 10.0. The molecule has 0 radical (unpaired) electrons. The van der Waals surface area contributed by atoms with E-state index in [4.69, 9.17) is 9.84 Å². The first kappa shape index (κ1) is 15.9. The van der Waals surface area contributed by atoms with Crippen LogP contribution in [0.15, 0.2) is 0 Å². The van der Waals surface area contributed by atoms with E-state index in [1.807, 2.05) is 0 Å². The molecule has 1 rings (SSSR count). The predicted molar refractivity (Wildman–Crippen MR) is 70.9 cm³/mol. The summed E-state index contributed by atoms with van der Waals surface area (Å²) < 4.78 is 5.61. The van der Waals surface area contributed by atoms with Crippen LogP contribution in [-0.2, 0) is 14.3 Å². The van der Waals surface area contributed by atoms with E-state index in [9.17, 15) is 9.59 Å². The molecular formula is C13H24N2O4. The number of carbonyl (C=O) groups excluding carboxylic acids is 1. The lowest BCUT2D eigenvalue weighted by Crippen LogP contribution is -2.44. The number of piperidine rings is 1. The van der Waals surface area contributed by atoms with E-state index in [1.165, 1.54) is 0 Å². The maximum absolute atomic E-state index is 11.6. The first-order valence-electron chi connectivity index (χ1n) is 6.85. The molecule has 1 fully saturated rings. The van der Waals surface area contributed by atoms with E-state index in [0.717, 1.165) is 25.9 Å². The normalized spacial score (nSPS) is 18.3. The van der Waals surface area contributed by atoms with Gasteiger partial charge in [-0.3, -0.25) is 4.79 Å². The zero-order valence-electron chi connectivity index (χ0n) is 11.6. The van der Waals surface area contributed by atoms with Crippen molar-refractivity contribution in [2.45, 2.75) is 45.3 Å². The molecule has 1 saturated heterocycles. The molecule has 0 bridgehead atoms. The summed E-state index contributed by atoms with van der Waals surface area (Å²) in [5.74, 6) is -1.40. The Bertz CT molecular complexity index is 301. The van der Waals surface area contributed by atoms with Crippen LogP contribution in [0.5, 0.6) is 0 Å². The Morgan fingerprint density at radius 1 is 1.37 bits per heavy atom. The molecule has 0 spiro atoms. The molecule has 1 aliphatic rings. The van der Waals surface area contributed by atoms with E-state index in [1.54, 1.807) is 13.8 Å². The van der Waals surface area contributed by atoms with Crippen molar-refractivity contribution in [3.05, 3.63) is 0 Å². The third-order valence-corrected chi connectivity index (χ3v) is 3.22. The van der Waals surface area contributed by atoms with Gasteiger partial charge in [-0.1, -0.05) is 13.8 Å². The monoisotopic (exact) mass is 272 g/mol. The summed E-state index contributed by atoms with van der Waals surface area (Å²) in [5.41, 5.74) is 0. The zero-order chi connectivity index (χ0) is 14.3. The lowest BCUT2D eigenvalue weighted by Gasteiger charge is -2.23. The van der Waals surface area contributed by atoms with Gasteiger partial charge >= 0.3 is 5.97 Å². The van der Waals surface area contributed by atoms with Gasteiger partial charge in [0.2, 0.25) is 5.91 Å². The quantitative estimate of drug-likeness (QED) is 0.623. The molecule has 0 saturated carbocycles. The van der Waals surface area contributed by atoms with E-state index in [2.05, 4.69) is 10.6 Å². The first-order chi connectivity index (χ1) is 9.00. The number of aliphatic carboxylic acids is 1. The smallest absolute Gasteiger partial charge is 0.326 e. The molecule has 1 amide bonds. The summed E-state index contributed by atoms with van der Waals surface area (Å²) in [4.78, 5) is 22.6. The summed E-state index contributed by atoms with van der Waals surface area (Å²) in [6, 6.07) is -0.827. The Hall–Kier alpha value is -1.14. The van der Waals surface area contributed by atoms with Crippen molar-refractivity contribution in [3.63, 3.8) is 0 Å². The minimum Gasteiger partial charge on any atom is -0.480 e. The van der Waals surface area contributed by atoms with Crippen molar-refractivity contribution in [2.75, 3.05) is 19.7 Å². The molecular weight excluding hydrogens is 248 g/mol. The molecule has 1 heterocycles. The number of ether oxygens (including phenoxy) is 1. The lowest BCUT2D eigenvalue weighted by molar-refractivity contribution is -0.143. The van der Waals surface area contributed by atoms with Crippen LogP contribution < -0.4 is 10.6 Å². The second-order valence-corrected chi connectivity index (χ2v) is 5.20. The number of hydrogen-bond acceptors (Lipinski definition) is 4. The largest absolute Gasteiger partial charge is 0.480 e. The summed E-state index contributed by atoms with van der Waals surface area (Å²) in [5, 5.41) is 14.7. The molecule has 0 unspecified atom stereocenters. The molecule has 110 valence electrons. The van der Waals surface area contributed by atoms with Crippen LogP contribution >= 0.6 is 0 Å². The van der Waals surface area contributed by atoms with Crippen LogP contribution in [0.1, 0.15) is 33.1 Å². The van der Waals surface area contributed by atoms with Gasteiger partial charge in [0.1, 0.15) is 6.04 Å². The number of carbonyl (C=O) groups is 2. The molecule has 1 aliphatic heterocycles. The number of hydrogen-bond donors (Lipinski definition) is 3. The Labute approximate surface area is 113 Å². The maximum Gasteiger partial charge on any atom is 0.326 e.